The molecule has 0 radical (unpaired) electrons. The molecule has 0 saturated carbocycles. The number of anilines is 1. The van der Waals surface area contributed by atoms with Crippen LogP contribution in [0.25, 0.3) is 17.1 Å². The second-order valence-electron chi connectivity index (χ2n) is 6.77. The maximum absolute atomic E-state index is 12.1. The molecule has 30 heavy (non-hydrogen) atoms. The number of nitrogens with one attached hydrogen (secondary N) is 2. The van der Waals surface area contributed by atoms with Crippen LogP contribution in [0.5, 0.6) is 0 Å². The van der Waals surface area contributed by atoms with Crippen molar-refractivity contribution in [3.8, 4) is 0 Å². The molecule has 1 amide bonds. The summed E-state index contributed by atoms with van der Waals surface area (Å²) in [7, 11) is 0. The van der Waals surface area contributed by atoms with Crippen molar-refractivity contribution in [2.24, 2.45) is 0 Å². The number of thioether (sulfide) groups is 1. The number of rotatable bonds is 11. The van der Waals surface area contributed by atoms with E-state index in [1.165, 1.54) is 0 Å². The van der Waals surface area contributed by atoms with E-state index in [9.17, 15) is 4.79 Å². The van der Waals surface area contributed by atoms with Crippen LogP contribution in [-0.2, 0) is 11.3 Å². The van der Waals surface area contributed by atoms with E-state index in [1.807, 2.05) is 35.0 Å². The van der Waals surface area contributed by atoms with Gasteiger partial charge in [-0.05, 0) is 24.5 Å². The molecule has 1 aromatic carbocycles. The van der Waals surface area contributed by atoms with E-state index in [1.54, 1.807) is 30.1 Å². The van der Waals surface area contributed by atoms with Gasteiger partial charge in [0.25, 0.3) is 0 Å². The molecule has 2 heterocycles. The largest absolute Gasteiger partial charge is 0.369 e. The van der Waals surface area contributed by atoms with Crippen molar-refractivity contribution in [1.29, 1.82) is 0 Å². The smallest absolute Gasteiger partial charge is 0.244 e. The third-order valence-electron chi connectivity index (χ3n) is 4.30. The molecule has 0 aliphatic rings. The lowest BCUT2D eigenvalue weighted by Gasteiger charge is -2.09. The summed E-state index contributed by atoms with van der Waals surface area (Å²) in [5.41, 5.74) is 1.78. The van der Waals surface area contributed by atoms with Crippen LogP contribution in [0.1, 0.15) is 32.3 Å². The number of carbonyl (C=O) groups excluding carboxylic acids is 1. The Balaban J connectivity index is 1.66. The van der Waals surface area contributed by atoms with Crippen molar-refractivity contribution < 1.29 is 4.79 Å². The van der Waals surface area contributed by atoms with Gasteiger partial charge in [0.2, 0.25) is 5.91 Å². The van der Waals surface area contributed by atoms with Crippen LogP contribution in [0.2, 0.25) is 0 Å². The molecule has 0 spiro atoms. The summed E-state index contributed by atoms with van der Waals surface area (Å²) < 4.78 is 1.82. The topological polar surface area (TPSA) is 84.7 Å². The molecule has 3 aromatic rings. The number of hydrogen-bond acceptors (Lipinski definition) is 6. The molecule has 0 fully saturated rings. The molecule has 0 atom stereocenters. The van der Waals surface area contributed by atoms with E-state index in [2.05, 4.69) is 34.6 Å². The number of aromatic nitrogens is 4. The number of amides is 1. The van der Waals surface area contributed by atoms with Gasteiger partial charge in [-0.1, -0.05) is 55.9 Å². The van der Waals surface area contributed by atoms with E-state index in [4.69, 9.17) is 4.98 Å². The maximum atomic E-state index is 12.1. The highest BCUT2D eigenvalue weighted by Gasteiger charge is 2.13. The van der Waals surface area contributed by atoms with Gasteiger partial charge in [-0.3, -0.25) is 4.79 Å². The fraction of sp³-hybridized carbons (Fsp3) is 0.364. The number of fused-ring (bicyclic) bond motifs is 1. The summed E-state index contributed by atoms with van der Waals surface area (Å²) in [5.74, 6) is 1.66. The van der Waals surface area contributed by atoms with Gasteiger partial charge in [0.1, 0.15) is 5.82 Å². The average Bonchev–Trinajstić information content (AvgIpc) is 3.18. The molecule has 2 aromatic heterocycles. The second kappa shape index (κ2) is 11.3. The molecule has 0 aliphatic carbocycles. The van der Waals surface area contributed by atoms with Crippen LogP contribution in [0.4, 0.5) is 5.82 Å². The van der Waals surface area contributed by atoms with Crippen molar-refractivity contribution in [3.63, 3.8) is 0 Å². The van der Waals surface area contributed by atoms with Crippen LogP contribution in [0, 0.1) is 0 Å². The Morgan fingerprint density at radius 3 is 2.73 bits per heavy atom. The monoisotopic (exact) mass is 424 g/mol. The van der Waals surface area contributed by atoms with Gasteiger partial charge in [0.15, 0.2) is 10.8 Å². The van der Waals surface area contributed by atoms with Gasteiger partial charge >= 0.3 is 0 Å². The second-order valence-corrected chi connectivity index (χ2v) is 7.83. The zero-order valence-electron chi connectivity index (χ0n) is 17.5. The molecule has 0 saturated heterocycles. The number of benzene rings is 1. The molecular weight excluding hydrogens is 396 g/mol. The first-order valence-corrected chi connectivity index (χ1v) is 11.3. The third-order valence-corrected chi connectivity index (χ3v) is 5.36. The fourth-order valence-electron chi connectivity index (χ4n) is 2.82. The molecule has 0 unspecified atom stereocenters. The summed E-state index contributed by atoms with van der Waals surface area (Å²) >= 11 is 1.65. The summed E-state index contributed by atoms with van der Waals surface area (Å²) in [6.07, 6.45) is 7.21. The zero-order chi connectivity index (χ0) is 21.2. The third kappa shape index (κ3) is 6.06. The fourth-order valence-corrected chi connectivity index (χ4v) is 3.51. The minimum absolute atomic E-state index is 0.130. The molecule has 7 nitrogen and oxygen atoms in total. The van der Waals surface area contributed by atoms with Crippen LogP contribution in [-0.4, -0.2) is 44.5 Å². The minimum Gasteiger partial charge on any atom is -0.369 e. The maximum Gasteiger partial charge on any atom is 0.244 e. The van der Waals surface area contributed by atoms with Gasteiger partial charge in [0, 0.05) is 24.9 Å². The van der Waals surface area contributed by atoms with Crippen molar-refractivity contribution in [1.82, 2.24) is 25.1 Å². The van der Waals surface area contributed by atoms with Crippen LogP contribution >= 0.6 is 11.8 Å². The predicted octanol–water partition coefficient (Wildman–Crippen LogP) is 3.98. The van der Waals surface area contributed by atoms with Crippen molar-refractivity contribution >= 4 is 40.6 Å². The molecular formula is C22H28N6OS. The zero-order valence-corrected chi connectivity index (χ0v) is 18.3. The average molecular weight is 425 g/mol. The van der Waals surface area contributed by atoms with Gasteiger partial charge in [-0.15, -0.1) is 0 Å². The van der Waals surface area contributed by atoms with Crippen LogP contribution in [0.15, 0.2) is 47.8 Å². The summed E-state index contributed by atoms with van der Waals surface area (Å²) in [6.45, 7) is 6.11. The standard InChI is InChI=1S/C22H28N6OS/c1-3-12-24-20-18-16-25-28(21(18)27-22(26-20)30-15-4-2)14-13-23-19(29)11-10-17-8-6-5-7-9-17/h5-11,16H,3-4,12-15H2,1-2H3,(H,23,29)(H,24,26,27)/b11-10-. The van der Waals surface area contributed by atoms with Crippen molar-refractivity contribution in [2.75, 3.05) is 24.2 Å². The lowest BCUT2D eigenvalue weighted by atomic mass is 10.2. The Morgan fingerprint density at radius 2 is 1.97 bits per heavy atom. The molecule has 0 bridgehead atoms. The van der Waals surface area contributed by atoms with E-state index in [0.717, 1.165) is 52.7 Å². The summed E-state index contributed by atoms with van der Waals surface area (Å²) in [6, 6.07) is 9.75. The highest BCUT2D eigenvalue weighted by atomic mass is 32.2. The lowest BCUT2D eigenvalue weighted by molar-refractivity contribution is -0.116. The Bertz CT molecular complexity index is 986. The molecule has 0 aliphatic heterocycles. The van der Waals surface area contributed by atoms with E-state index in [-0.39, 0.29) is 5.91 Å². The van der Waals surface area contributed by atoms with E-state index in [0.29, 0.717) is 13.1 Å². The highest BCUT2D eigenvalue weighted by Crippen LogP contribution is 2.24. The number of carbonyl (C=O) groups is 1. The van der Waals surface area contributed by atoms with Crippen LogP contribution < -0.4 is 10.6 Å². The Labute approximate surface area is 181 Å². The van der Waals surface area contributed by atoms with Crippen molar-refractivity contribution in [2.45, 2.75) is 38.4 Å². The van der Waals surface area contributed by atoms with E-state index < -0.39 is 0 Å². The van der Waals surface area contributed by atoms with Gasteiger partial charge in [-0.25, -0.2) is 14.6 Å². The number of hydrogen-bond donors (Lipinski definition) is 2. The molecule has 8 heteroatoms. The minimum atomic E-state index is -0.130. The Hall–Kier alpha value is -2.87. The van der Waals surface area contributed by atoms with Gasteiger partial charge in [0.05, 0.1) is 18.1 Å². The SMILES string of the molecule is CCCNc1nc(SCCC)nc2c1cnn2CCNC(=O)/C=C\c1ccccc1. The summed E-state index contributed by atoms with van der Waals surface area (Å²) in [4.78, 5) is 21.4. The van der Waals surface area contributed by atoms with E-state index >= 15 is 0 Å². The molecule has 3 rings (SSSR count). The van der Waals surface area contributed by atoms with Crippen LogP contribution in [0.3, 0.4) is 0 Å². The Morgan fingerprint density at radius 1 is 1.13 bits per heavy atom. The van der Waals surface area contributed by atoms with Crippen molar-refractivity contribution in [3.05, 3.63) is 48.2 Å². The highest BCUT2D eigenvalue weighted by molar-refractivity contribution is 7.99. The Kier molecular flexibility index (Phi) is 8.26. The lowest BCUT2D eigenvalue weighted by Crippen LogP contribution is -2.25. The first kappa shape index (κ1) is 21.8. The molecule has 2 N–H and O–H groups in total. The first-order valence-electron chi connectivity index (χ1n) is 10.3. The quantitative estimate of drug-likeness (QED) is 0.275. The number of nitrogens with zero attached hydrogens (tertiary/aromatic N) is 4. The van der Waals surface area contributed by atoms with Gasteiger partial charge in [-0.2, -0.15) is 5.10 Å². The predicted molar refractivity (Wildman–Crippen MR) is 124 cm³/mol. The first-order chi connectivity index (χ1) is 14.7. The normalized spacial score (nSPS) is 11.3. The summed E-state index contributed by atoms with van der Waals surface area (Å²) in [5, 5.41) is 12.4. The molecule has 158 valence electrons. The van der Waals surface area contributed by atoms with Gasteiger partial charge < -0.3 is 10.6 Å².